The molecule has 2 unspecified atom stereocenters. The second kappa shape index (κ2) is 4.28. The zero-order valence-corrected chi connectivity index (χ0v) is 11.2. The maximum absolute atomic E-state index is 5.97. The Morgan fingerprint density at radius 1 is 1.38 bits per heavy atom. The molecule has 3 nitrogen and oxygen atoms in total. The molecular weight excluding hydrogens is 200 g/mol. The molecule has 16 heavy (non-hydrogen) atoms. The van der Waals surface area contributed by atoms with Crippen LogP contribution in [-0.2, 0) is 4.74 Å². The van der Waals surface area contributed by atoms with Crippen molar-refractivity contribution in [3.63, 3.8) is 0 Å². The summed E-state index contributed by atoms with van der Waals surface area (Å²) in [5.41, 5.74) is 0.0102. The zero-order chi connectivity index (χ0) is 11.8. The van der Waals surface area contributed by atoms with Crippen LogP contribution in [0.15, 0.2) is 0 Å². The van der Waals surface area contributed by atoms with Crippen LogP contribution in [-0.4, -0.2) is 41.9 Å². The van der Waals surface area contributed by atoms with Crippen molar-refractivity contribution >= 4 is 0 Å². The topological polar surface area (TPSA) is 24.5 Å². The predicted octanol–water partition coefficient (Wildman–Crippen LogP) is 1.98. The van der Waals surface area contributed by atoms with E-state index in [0.29, 0.717) is 6.04 Å². The maximum Gasteiger partial charge on any atom is 0.118 e. The fourth-order valence-electron chi connectivity index (χ4n) is 3.23. The lowest BCUT2D eigenvalue weighted by molar-refractivity contribution is -0.0175. The number of nitrogens with one attached hydrogen (secondary N) is 1. The molecule has 3 heteroatoms. The summed E-state index contributed by atoms with van der Waals surface area (Å²) in [6.07, 6.45) is 3.79. The molecule has 0 spiro atoms. The normalized spacial score (nSPS) is 39.4. The van der Waals surface area contributed by atoms with Gasteiger partial charge in [-0.3, -0.25) is 5.32 Å². The van der Waals surface area contributed by atoms with Crippen molar-refractivity contribution in [1.29, 1.82) is 0 Å². The van der Waals surface area contributed by atoms with E-state index in [1.165, 1.54) is 25.9 Å². The maximum atomic E-state index is 5.97. The minimum Gasteiger partial charge on any atom is -0.359 e. The molecule has 1 N–H and O–H groups in total. The Kier molecular flexibility index (Phi) is 3.30. The first kappa shape index (κ1) is 12.3. The number of likely N-dealkylation sites (tertiary alicyclic amines) is 1. The van der Waals surface area contributed by atoms with Gasteiger partial charge < -0.3 is 9.64 Å². The minimum absolute atomic E-state index is 0.119. The van der Waals surface area contributed by atoms with E-state index in [-0.39, 0.29) is 11.3 Å². The van der Waals surface area contributed by atoms with E-state index in [0.717, 1.165) is 13.0 Å². The summed E-state index contributed by atoms with van der Waals surface area (Å²) < 4.78 is 5.97. The predicted molar refractivity (Wildman–Crippen MR) is 66.5 cm³/mol. The van der Waals surface area contributed by atoms with Crippen LogP contribution in [0.1, 0.15) is 47.0 Å². The van der Waals surface area contributed by atoms with Crippen LogP contribution in [0.4, 0.5) is 0 Å². The van der Waals surface area contributed by atoms with Gasteiger partial charge in [-0.15, -0.1) is 0 Å². The van der Waals surface area contributed by atoms with Gasteiger partial charge in [-0.2, -0.15) is 0 Å². The van der Waals surface area contributed by atoms with E-state index in [2.05, 4.69) is 37.9 Å². The van der Waals surface area contributed by atoms with Crippen LogP contribution in [0, 0.1) is 0 Å². The molecule has 0 aromatic rings. The lowest BCUT2D eigenvalue weighted by Gasteiger charge is -2.32. The highest BCUT2D eigenvalue weighted by Gasteiger charge is 2.42. The van der Waals surface area contributed by atoms with Crippen LogP contribution in [0.3, 0.4) is 0 Å². The van der Waals surface area contributed by atoms with Gasteiger partial charge in [-0.25, -0.2) is 0 Å². The molecule has 0 aliphatic carbocycles. The third kappa shape index (κ3) is 2.58. The zero-order valence-electron chi connectivity index (χ0n) is 11.2. The smallest absolute Gasteiger partial charge is 0.118 e. The summed E-state index contributed by atoms with van der Waals surface area (Å²) >= 11 is 0. The minimum atomic E-state index is -0.119. The van der Waals surface area contributed by atoms with Gasteiger partial charge in [0.1, 0.15) is 5.72 Å². The van der Waals surface area contributed by atoms with Gasteiger partial charge in [0.2, 0.25) is 0 Å². The van der Waals surface area contributed by atoms with Crippen LogP contribution in [0.2, 0.25) is 0 Å². The molecular formula is C13H26N2O. The van der Waals surface area contributed by atoms with Gasteiger partial charge in [-0.05, 0) is 46.7 Å². The quantitative estimate of drug-likeness (QED) is 0.796. The van der Waals surface area contributed by atoms with E-state index in [9.17, 15) is 0 Å². The molecule has 0 amide bonds. The van der Waals surface area contributed by atoms with E-state index >= 15 is 0 Å². The molecule has 2 saturated heterocycles. The summed E-state index contributed by atoms with van der Waals surface area (Å²) in [5.74, 6) is 0. The molecule has 0 aromatic carbocycles. The third-order valence-electron chi connectivity index (χ3n) is 3.88. The SMILES string of the molecule is CCN1CCCC1CC1(C)NC(C)(C)CO1. The Morgan fingerprint density at radius 3 is 2.69 bits per heavy atom. The van der Waals surface area contributed by atoms with Crippen LogP contribution >= 0.6 is 0 Å². The van der Waals surface area contributed by atoms with E-state index in [1.54, 1.807) is 0 Å². The molecule has 0 radical (unpaired) electrons. The number of ether oxygens (including phenoxy) is 1. The van der Waals surface area contributed by atoms with Crippen molar-refractivity contribution < 1.29 is 4.74 Å². The van der Waals surface area contributed by atoms with Gasteiger partial charge >= 0.3 is 0 Å². The van der Waals surface area contributed by atoms with Crippen LogP contribution < -0.4 is 5.32 Å². The summed E-state index contributed by atoms with van der Waals surface area (Å²) in [5, 5.41) is 3.63. The molecule has 0 bridgehead atoms. The fraction of sp³-hybridized carbons (Fsp3) is 1.00. The average Bonchev–Trinajstić information content (AvgIpc) is 2.71. The van der Waals surface area contributed by atoms with Crippen LogP contribution in [0.5, 0.6) is 0 Å². The second-order valence-corrected chi connectivity index (χ2v) is 6.16. The first-order valence-corrected chi connectivity index (χ1v) is 6.61. The van der Waals surface area contributed by atoms with Crippen molar-refractivity contribution in [3.8, 4) is 0 Å². The monoisotopic (exact) mass is 226 g/mol. The molecule has 2 aliphatic heterocycles. The Morgan fingerprint density at radius 2 is 2.12 bits per heavy atom. The Hall–Kier alpha value is -0.120. The van der Waals surface area contributed by atoms with Crippen molar-refractivity contribution in [1.82, 2.24) is 10.2 Å². The van der Waals surface area contributed by atoms with Crippen molar-refractivity contribution in [2.24, 2.45) is 0 Å². The van der Waals surface area contributed by atoms with Gasteiger partial charge in [0, 0.05) is 18.0 Å². The van der Waals surface area contributed by atoms with Gasteiger partial charge in [0.25, 0.3) is 0 Å². The first-order valence-electron chi connectivity index (χ1n) is 6.61. The van der Waals surface area contributed by atoms with E-state index < -0.39 is 0 Å². The van der Waals surface area contributed by atoms with E-state index in [4.69, 9.17) is 4.74 Å². The highest BCUT2D eigenvalue weighted by molar-refractivity contribution is 4.95. The number of hydrogen-bond donors (Lipinski definition) is 1. The largest absolute Gasteiger partial charge is 0.359 e. The summed E-state index contributed by atoms with van der Waals surface area (Å²) in [7, 11) is 0. The van der Waals surface area contributed by atoms with Crippen molar-refractivity contribution in [2.75, 3.05) is 19.7 Å². The molecule has 2 aliphatic rings. The molecule has 0 aromatic heterocycles. The third-order valence-corrected chi connectivity index (χ3v) is 3.88. The molecule has 94 valence electrons. The average molecular weight is 226 g/mol. The molecule has 2 rings (SSSR count). The van der Waals surface area contributed by atoms with Crippen molar-refractivity contribution in [3.05, 3.63) is 0 Å². The molecule has 0 saturated carbocycles. The van der Waals surface area contributed by atoms with Gasteiger partial charge in [0.05, 0.1) is 6.61 Å². The van der Waals surface area contributed by atoms with Crippen molar-refractivity contribution in [2.45, 2.75) is 64.3 Å². The highest BCUT2D eigenvalue weighted by Crippen LogP contribution is 2.31. The molecule has 2 heterocycles. The Bertz CT molecular complexity index is 254. The summed E-state index contributed by atoms with van der Waals surface area (Å²) in [6, 6.07) is 0.705. The standard InChI is InChI=1S/C13H26N2O/c1-5-15-8-6-7-11(15)9-13(4)14-12(2,3)10-16-13/h11,14H,5-10H2,1-4H3. The lowest BCUT2D eigenvalue weighted by atomic mass is 10.0. The Labute approximate surface area is 99.5 Å². The molecule has 2 atom stereocenters. The number of nitrogens with zero attached hydrogens (tertiary/aromatic N) is 1. The first-order chi connectivity index (χ1) is 7.44. The summed E-state index contributed by atoms with van der Waals surface area (Å²) in [6.45, 7) is 12.1. The van der Waals surface area contributed by atoms with E-state index in [1.807, 2.05) is 0 Å². The van der Waals surface area contributed by atoms with Crippen LogP contribution in [0.25, 0.3) is 0 Å². The summed E-state index contributed by atoms with van der Waals surface area (Å²) in [4.78, 5) is 2.58. The van der Waals surface area contributed by atoms with Gasteiger partial charge in [0.15, 0.2) is 0 Å². The lowest BCUT2D eigenvalue weighted by Crippen LogP contribution is -2.49. The molecule has 2 fully saturated rings. The number of rotatable bonds is 3. The second-order valence-electron chi connectivity index (χ2n) is 6.16. The highest BCUT2D eigenvalue weighted by atomic mass is 16.5. The van der Waals surface area contributed by atoms with Gasteiger partial charge in [-0.1, -0.05) is 6.92 Å². The number of hydrogen-bond acceptors (Lipinski definition) is 3. The fourth-order valence-corrected chi connectivity index (χ4v) is 3.23. The Balaban J connectivity index is 1.94.